The predicted molar refractivity (Wildman–Crippen MR) is 107 cm³/mol. The van der Waals surface area contributed by atoms with Crippen LogP contribution in [0.25, 0.3) is 16.5 Å². The van der Waals surface area contributed by atoms with Gasteiger partial charge >= 0.3 is 0 Å². The van der Waals surface area contributed by atoms with Gasteiger partial charge in [-0.1, -0.05) is 30.4 Å². The second-order valence-corrected chi connectivity index (χ2v) is 7.25. The Bertz CT molecular complexity index is 897. The zero-order chi connectivity index (χ0) is 18.3. The van der Waals surface area contributed by atoms with E-state index in [9.17, 15) is 4.79 Å². The van der Waals surface area contributed by atoms with Crippen LogP contribution in [0.4, 0.5) is 0 Å². The van der Waals surface area contributed by atoms with Crippen LogP contribution >= 0.6 is 0 Å². The smallest absolute Gasteiger partial charge is 0.231 e. The van der Waals surface area contributed by atoms with Gasteiger partial charge in [0.05, 0.1) is 5.92 Å². The molecule has 0 fully saturated rings. The number of aromatic amines is 1. The van der Waals surface area contributed by atoms with Crippen LogP contribution in [-0.2, 0) is 11.2 Å². The van der Waals surface area contributed by atoms with Crippen molar-refractivity contribution in [3.63, 3.8) is 0 Å². The average Bonchev–Trinajstić information content (AvgIpc) is 3.06. The number of nitrogens with one attached hydrogen (secondary N) is 1. The first-order valence-corrected chi connectivity index (χ1v) is 9.16. The zero-order valence-electron chi connectivity index (χ0n) is 15.2. The van der Waals surface area contributed by atoms with Gasteiger partial charge in [-0.15, -0.1) is 13.2 Å². The molecule has 4 nitrogen and oxygen atoms in total. The van der Waals surface area contributed by atoms with Gasteiger partial charge in [0.1, 0.15) is 0 Å². The first kappa shape index (κ1) is 16.9. The maximum atomic E-state index is 13.1. The van der Waals surface area contributed by atoms with Crippen LogP contribution in [0.3, 0.4) is 0 Å². The lowest BCUT2D eigenvalue weighted by atomic mass is 9.79. The van der Waals surface area contributed by atoms with E-state index in [-0.39, 0.29) is 11.8 Å². The van der Waals surface area contributed by atoms with E-state index in [1.54, 1.807) is 12.2 Å². The summed E-state index contributed by atoms with van der Waals surface area (Å²) in [6, 6.07) is 6.73. The minimum absolute atomic E-state index is 0.137. The highest BCUT2D eigenvalue weighted by molar-refractivity contribution is 5.99. The lowest BCUT2D eigenvalue weighted by Crippen LogP contribution is -2.47. The van der Waals surface area contributed by atoms with Crippen molar-refractivity contribution >= 4 is 22.4 Å². The summed E-state index contributed by atoms with van der Waals surface area (Å²) >= 11 is 0. The highest BCUT2D eigenvalue weighted by Gasteiger charge is 2.36. The molecule has 2 aliphatic rings. The lowest BCUT2D eigenvalue weighted by Gasteiger charge is -2.40. The van der Waals surface area contributed by atoms with Crippen LogP contribution < -0.4 is 0 Å². The number of amides is 1. The summed E-state index contributed by atoms with van der Waals surface area (Å²) < 4.78 is 0. The van der Waals surface area contributed by atoms with Crippen LogP contribution in [0.5, 0.6) is 0 Å². The van der Waals surface area contributed by atoms with Crippen LogP contribution in [0, 0.1) is 5.92 Å². The molecule has 2 aromatic rings. The first-order chi connectivity index (χ1) is 12.6. The van der Waals surface area contributed by atoms with E-state index in [4.69, 9.17) is 0 Å². The topological polar surface area (TPSA) is 39.3 Å². The summed E-state index contributed by atoms with van der Waals surface area (Å²) in [5, 5.41) is 1.31. The number of hydrogen-bond donors (Lipinski definition) is 1. The summed E-state index contributed by atoms with van der Waals surface area (Å²) in [6.07, 6.45) is 8.88. The lowest BCUT2D eigenvalue weighted by molar-refractivity contribution is -0.133. The third-order valence-corrected chi connectivity index (χ3v) is 5.60. The predicted octanol–water partition coefficient (Wildman–Crippen LogP) is 3.24. The number of fused-ring (bicyclic) bond motifs is 2. The van der Waals surface area contributed by atoms with Crippen LogP contribution in [0.2, 0.25) is 0 Å². The van der Waals surface area contributed by atoms with Crippen molar-refractivity contribution in [1.82, 2.24) is 14.8 Å². The third-order valence-electron chi connectivity index (χ3n) is 5.60. The normalized spacial score (nSPS) is 21.8. The quantitative estimate of drug-likeness (QED) is 0.844. The Hall–Kier alpha value is -2.59. The van der Waals surface area contributed by atoms with Gasteiger partial charge in [0.25, 0.3) is 0 Å². The molecule has 26 heavy (non-hydrogen) atoms. The molecule has 2 heterocycles. The number of likely N-dealkylation sites (N-methyl/N-ethyl adjacent to an activating group) is 1. The van der Waals surface area contributed by atoms with Gasteiger partial charge in [-0.25, -0.2) is 0 Å². The van der Waals surface area contributed by atoms with Crippen molar-refractivity contribution in [1.29, 1.82) is 0 Å². The molecule has 4 rings (SSSR count). The van der Waals surface area contributed by atoms with E-state index in [1.807, 2.05) is 4.90 Å². The fourth-order valence-corrected chi connectivity index (χ4v) is 4.41. The molecule has 0 bridgehead atoms. The molecular weight excluding hydrogens is 322 g/mol. The third kappa shape index (κ3) is 2.61. The van der Waals surface area contributed by atoms with Gasteiger partial charge in [0.15, 0.2) is 0 Å². The molecule has 1 aromatic heterocycles. The van der Waals surface area contributed by atoms with Gasteiger partial charge < -0.3 is 9.88 Å². The Morgan fingerprint density at radius 3 is 2.85 bits per heavy atom. The molecule has 1 aromatic carbocycles. The van der Waals surface area contributed by atoms with Gasteiger partial charge in [0.2, 0.25) is 5.91 Å². The number of carbonyl (C=O) groups excluding carboxylic acids is 1. The van der Waals surface area contributed by atoms with E-state index in [2.05, 4.69) is 60.6 Å². The number of benzene rings is 1. The van der Waals surface area contributed by atoms with Crippen LogP contribution in [0.1, 0.15) is 11.1 Å². The van der Waals surface area contributed by atoms with Gasteiger partial charge in [-0.3, -0.25) is 9.69 Å². The molecule has 1 N–H and O–H groups in total. The van der Waals surface area contributed by atoms with Crippen molar-refractivity contribution < 1.29 is 4.79 Å². The highest BCUT2D eigenvalue weighted by Crippen LogP contribution is 2.40. The number of carbonyl (C=O) groups is 1. The Kier molecular flexibility index (Phi) is 4.29. The number of nitrogens with zero attached hydrogens (tertiary/aromatic N) is 2. The molecule has 0 saturated carbocycles. The van der Waals surface area contributed by atoms with E-state index < -0.39 is 0 Å². The fraction of sp³-hybridized carbons (Fsp3) is 0.318. The number of hydrogen-bond acceptors (Lipinski definition) is 2. The van der Waals surface area contributed by atoms with E-state index in [0.717, 1.165) is 13.0 Å². The minimum atomic E-state index is -0.137. The van der Waals surface area contributed by atoms with E-state index >= 15 is 0 Å². The molecule has 0 saturated heterocycles. The van der Waals surface area contributed by atoms with Crippen molar-refractivity contribution in [2.75, 3.05) is 26.7 Å². The molecule has 0 spiro atoms. The van der Waals surface area contributed by atoms with Gasteiger partial charge in [0, 0.05) is 42.8 Å². The van der Waals surface area contributed by atoms with Crippen molar-refractivity contribution in [3.8, 4) is 0 Å². The van der Waals surface area contributed by atoms with E-state index in [0.29, 0.717) is 19.1 Å². The second-order valence-electron chi connectivity index (χ2n) is 7.25. The molecule has 1 aliphatic heterocycles. The summed E-state index contributed by atoms with van der Waals surface area (Å²) in [5.41, 5.74) is 5.09. The monoisotopic (exact) mass is 347 g/mol. The summed E-state index contributed by atoms with van der Waals surface area (Å²) in [7, 11) is 2.13. The average molecular weight is 347 g/mol. The summed E-state index contributed by atoms with van der Waals surface area (Å²) in [4.78, 5) is 20.6. The van der Waals surface area contributed by atoms with Gasteiger partial charge in [-0.05, 0) is 36.2 Å². The highest BCUT2D eigenvalue weighted by atomic mass is 16.2. The zero-order valence-corrected chi connectivity index (χ0v) is 15.2. The largest absolute Gasteiger partial charge is 0.361 e. The maximum absolute atomic E-state index is 13.1. The molecule has 134 valence electrons. The molecule has 1 amide bonds. The number of rotatable bonds is 5. The number of H-pyrrole nitrogens is 1. The molecule has 2 atom stereocenters. The van der Waals surface area contributed by atoms with Crippen molar-refractivity contribution in [3.05, 3.63) is 66.9 Å². The van der Waals surface area contributed by atoms with Gasteiger partial charge in [-0.2, -0.15) is 0 Å². The maximum Gasteiger partial charge on any atom is 0.231 e. The molecule has 1 aliphatic carbocycles. The Balaban J connectivity index is 1.75. The SMILES string of the molecule is C=CCN(CC=C)C(=O)[C@@H]1C=C2c3cccc4[nH]cc(c34)C[C@H]2N(C)C1. The van der Waals surface area contributed by atoms with Crippen LogP contribution in [-0.4, -0.2) is 53.4 Å². The Labute approximate surface area is 154 Å². The standard InChI is InChI=1S/C22H25N3O/c1-4-9-25(10-5-2)22(26)16-11-18-17-7-6-8-19-21(17)15(13-23-19)12-20(18)24(3)14-16/h4-8,11,13,16,20,23H,1-2,9-10,12,14H2,3H3/t16-,20-/m1/s1. The van der Waals surface area contributed by atoms with Crippen LogP contribution in [0.15, 0.2) is 55.8 Å². The molecular formula is C22H25N3O. The minimum Gasteiger partial charge on any atom is -0.361 e. The molecule has 0 radical (unpaired) electrons. The summed E-state index contributed by atoms with van der Waals surface area (Å²) in [6.45, 7) is 9.40. The Morgan fingerprint density at radius 2 is 2.12 bits per heavy atom. The summed E-state index contributed by atoms with van der Waals surface area (Å²) in [5.74, 6) is 0.0107. The Morgan fingerprint density at radius 1 is 1.35 bits per heavy atom. The molecule has 0 unspecified atom stereocenters. The second kappa shape index (κ2) is 6.61. The number of aromatic nitrogens is 1. The van der Waals surface area contributed by atoms with Crippen molar-refractivity contribution in [2.45, 2.75) is 12.5 Å². The fourth-order valence-electron chi connectivity index (χ4n) is 4.41. The van der Waals surface area contributed by atoms with Crippen molar-refractivity contribution in [2.24, 2.45) is 5.92 Å². The van der Waals surface area contributed by atoms with E-state index in [1.165, 1.54) is 27.6 Å². The first-order valence-electron chi connectivity index (χ1n) is 9.16. The molecule has 4 heteroatoms.